The molecule has 1 fully saturated rings. The third-order valence-electron chi connectivity index (χ3n) is 3.24. The number of methoxy groups -OCH3 is 1. The minimum atomic E-state index is 0.667. The largest absolute Gasteiger partial charge is 0.481 e. The number of hydrogen-bond acceptors (Lipinski definition) is 4. The van der Waals surface area contributed by atoms with Crippen molar-refractivity contribution in [1.82, 2.24) is 4.98 Å². The summed E-state index contributed by atoms with van der Waals surface area (Å²) in [5, 5.41) is 0. The minimum Gasteiger partial charge on any atom is -0.481 e. The van der Waals surface area contributed by atoms with Crippen molar-refractivity contribution in [3.63, 3.8) is 0 Å². The summed E-state index contributed by atoms with van der Waals surface area (Å²) in [7, 11) is 1.63. The van der Waals surface area contributed by atoms with Crippen LogP contribution in [-0.4, -0.2) is 31.7 Å². The van der Waals surface area contributed by atoms with Crippen molar-refractivity contribution in [2.24, 2.45) is 11.7 Å². The van der Waals surface area contributed by atoms with Gasteiger partial charge in [0, 0.05) is 19.2 Å². The van der Waals surface area contributed by atoms with E-state index < -0.39 is 0 Å². The summed E-state index contributed by atoms with van der Waals surface area (Å²) in [6, 6.07) is 3.97. The maximum absolute atomic E-state index is 5.68. The van der Waals surface area contributed by atoms with E-state index in [1.165, 1.54) is 18.5 Å². The summed E-state index contributed by atoms with van der Waals surface area (Å²) in [6.07, 6.45) is 4.24. The zero-order valence-corrected chi connectivity index (χ0v) is 9.72. The molecule has 88 valence electrons. The van der Waals surface area contributed by atoms with Crippen LogP contribution >= 0.6 is 0 Å². The second-order valence-corrected chi connectivity index (χ2v) is 4.22. The Morgan fingerprint density at radius 2 is 2.19 bits per heavy atom. The van der Waals surface area contributed by atoms with Gasteiger partial charge in [0.05, 0.1) is 19.0 Å². The van der Waals surface area contributed by atoms with Gasteiger partial charge >= 0.3 is 0 Å². The molecule has 1 aromatic heterocycles. The van der Waals surface area contributed by atoms with E-state index in [4.69, 9.17) is 10.5 Å². The van der Waals surface area contributed by atoms with Crippen molar-refractivity contribution < 1.29 is 4.74 Å². The van der Waals surface area contributed by atoms with E-state index in [-0.39, 0.29) is 0 Å². The van der Waals surface area contributed by atoms with E-state index in [0.717, 1.165) is 19.6 Å². The van der Waals surface area contributed by atoms with Crippen LogP contribution in [0, 0.1) is 5.92 Å². The number of anilines is 1. The summed E-state index contributed by atoms with van der Waals surface area (Å²) in [5.41, 5.74) is 6.85. The van der Waals surface area contributed by atoms with Crippen LogP contribution in [0.25, 0.3) is 0 Å². The van der Waals surface area contributed by atoms with Crippen molar-refractivity contribution in [2.45, 2.75) is 12.8 Å². The average Bonchev–Trinajstić information content (AvgIpc) is 2.39. The molecule has 0 saturated carbocycles. The first-order valence-corrected chi connectivity index (χ1v) is 5.78. The molecule has 4 heteroatoms. The topological polar surface area (TPSA) is 51.4 Å². The van der Waals surface area contributed by atoms with Gasteiger partial charge in [0.25, 0.3) is 0 Å². The highest BCUT2D eigenvalue weighted by Gasteiger charge is 2.18. The van der Waals surface area contributed by atoms with Gasteiger partial charge in [-0.1, -0.05) is 0 Å². The maximum atomic E-state index is 5.68. The van der Waals surface area contributed by atoms with Gasteiger partial charge in [-0.05, 0) is 31.4 Å². The number of hydrogen-bond donors (Lipinski definition) is 1. The lowest BCUT2D eigenvalue weighted by Gasteiger charge is -2.32. The van der Waals surface area contributed by atoms with E-state index in [9.17, 15) is 0 Å². The smallest absolute Gasteiger partial charge is 0.213 e. The molecule has 1 saturated heterocycles. The fourth-order valence-corrected chi connectivity index (χ4v) is 2.11. The number of nitrogens with zero attached hydrogens (tertiary/aromatic N) is 2. The van der Waals surface area contributed by atoms with Crippen LogP contribution in [0.1, 0.15) is 12.8 Å². The van der Waals surface area contributed by atoms with Crippen molar-refractivity contribution >= 4 is 5.69 Å². The van der Waals surface area contributed by atoms with E-state index in [1.807, 2.05) is 12.3 Å². The van der Waals surface area contributed by atoms with Crippen LogP contribution < -0.4 is 15.4 Å². The Bertz CT molecular complexity index is 318. The number of rotatable bonds is 3. The first-order valence-electron chi connectivity index (χ1n) is 5.78. The van der Waals surface area contributed by atoms with Crippen LogP contribution in [0.4, 0.5) is 5.69 Å². The highest BCUT2D eigenvalue weighted by Crippen LogP contribution is 2.23. The lowest BCUT2D eigenvalue weighted by atomic mass is 9.97. The van der Waals surface area contributed by atoms with Gasteiger partial charge in [0.2, 0.25) is 5.88 Å². The third-order valence-corrected chi connectivity index (χ3v) is 3.24. The molecule has 0 bridgehead atoms. The fourth-order valence-electron chi connectivity index (χ4n) is 2.11. The first kappa shape index (κ1) is 11.2. The molecule has 1 aliphatic heterocycles. The van der Waals surface area contributed by atoms with Gasteiger partial charge in [-0.25, -0.2) is 4.98 Å². The summed E-state index contributed by atoms with van der Waals surface area (Å²) in [4.78, 5) is 6.58. The first-order chi connectivity index (χ1) is 7.83. The van der Waals surface area contributed by atoms with Gasteiger partial charge in [0.15, 0.2) is 0 Å². The lowest BCUT2D eigenvalue weighted by molar-refractivity contribution is 0.396. The number of piperidine rings is 1. The third kappa shape index (κ3) is 2.44. The Hall–Kier alpha value is -1.29. The molecule has 1 aliphatic rings. The van der Waals surface area contributed by atoms with E-state index in [0.29, 0.717) is 11.8 Å². The van der Waals surface area contributed by atoms with E-state index >= 15 is 0 Å². The van der Waals surface area contributed by atoms with Crippen LogP contribution in [-0.2, 0) is 0 Å². The predicted molar refractivity (Wildman–Crippen MR) is 64.8 cm³/mol. The van der Waals surface area contributed by atoms with Gasteiger partial charge in [-0.2, -0.15) is 0 Å². The van der Waals surface area contributed by atoms with Crippen LogP contribution in [0.2, 0.25) is 0 Å². The summed E-state index contributed by atoms with van der Waals surface area (Å²) < 4.78 is 5.04. The Morgan fingerprint density at radius 3 is 2.69 bits per heavy atom. The number of nitrogens with two attached hydrogens (primary N) is 1. The predicted octanol–water partition coefficient (Wildman–Crippen LogP) is 1.27. The van der Waals surface area contributed by atoms with Crippen molar-refractivity contribution in [3.8, 4) is 5.88 Å². The molecule has 0 unspecified atom stereocenters. The van der Waals surface area contributed by atoms with Gasteiger partial charge in [0.1, 0.15) is 0 Å². The molecule has 0 atom stereocenters. The zero-order valence-electron chi connectivity index (χ0n) is 9.72. The minimum absolute atomic E-state index is 0.667. The number of aromatic nitrogens is 1. The van der Waals surface area contributed by atoms with E-state index in [2.05, 4.69) is 16.0 Å². The molecule has 4 nitrogen and oxygen atoms in total. The molecule has 2 rings (SSSR count). The van der Waals surface area contributed by atoms with Crippen LogP contribution in [0.15, 0.2) is 18.3 Å². The number of pyridine rings is 1. The van der Waals surface area contributed by atoms with Crippen molar-refractivity contribution in [1.29, 1.82) is 0 Å². The highest BCUT2D eigenvalue weighted by molar-refractivity contribution is 5.45. The molecular weight excluding hydrogens is 202 g/mol. The zero-order chi connectivity index (χ0) is 11.4. The Morgan fingerprint density at radius 1 is 1.44 bits per heavy atom. The quantitative estimate of drug-likeness (QED) is 0.835. The summed E-state index contributed by atoms with van der Waals surface area (Å²) >= 11 is 0. The molecule has 0 aliphatic carbocycles. The monoisotopic (exact) mass is 221 g/mol. The Kier molecular flexibility index (Phi) is 3.62. The molecule has 0 amide bonds. The van der Waals surface area contributed by atoms with Crippen molar-refractivity contribution in [3.05, 3.63) is 18.3 Å². The normalized spacial score (nSPS) is 17.5. The van der Waals surface area contributed by atoms with Gasteiger partial charge < -0.3 is 15.4 Å². The Balaban J connectivity index is 1.97. The van der Waals surface area contributed by atoms with Crippen molar-refractivity contribution in [2.75, 3.05) is 31.6 Å². The second kappa shape index (κ2) is 5.16. The maximum Gasteiger partial charge on any atom is 0.213 e. The van der Waals surface area contributed by atoms with Gasteiger partial charge in [-0.3, -0.25) is 0 Å². The lowest BCUT2D eigenvalue weighted by Crippen LogP contribution is -2.36. The molecule has 0 aromatic carbocycles. The van der Waals surface area contributed by atoms with Gasteiger partial charge in [-0.15, -0.1) is 0 Å². The molecule has 0 radical (unpaired) electrons. The fraction of sp³-hybridized carbons (Fsp3) is 0.583. The summed E-state index contributed by atoms with van der Waals surface area (Å²) in [6.45, 7) is 2.97. The summed E-state index contributed by atoms with van der Waals surface area (Å²) in [5.74, 6) is 1.36. The molecule has 2 heterocycles. The Labute approximate surface area is 96.4 Å². The number of ether oxygens (including phenoxy) is 1. The molecular formula is C12H19N3O. The SMILES string of the molecule is COc1ccc(N2CCC(CN)CC2)cn1. The van der Waals surface area contributed by atoms with E-state index in [1.54, 1.807) is 7.11 Å². The molecule has 2 N–H and O–H groups in total. The second-order valence-electron chi connectivity index (χ2n) is 4.22. The van der Waals surface area contributed by atoms with Crippen LogP contribution in [0.5, 0.6) is 5.88 Å². The standard InChI is InChI=1S/C12H19N3O/c1-16-12-3-2-11(9-14-12)15-6-4-10(8-13)5-7-15/h2-3,9-10H,4-8,13H2,1H3. The highest BCUT2D eigenvalue weighted by atomic mass is 16.5. The molecule has 1 aromatic rings. The molecule has 0 spiro atoms. The molecule has 16 heavy (non-hydrogen) atoms. The average molecular weight is 221 g/mol. The van der Waals surface area contributed by atoms with Crippen LogP contribution in [0.3, 0.4) is 0 Å².